The maximum Gasteiger partial charge on any atom is 0.135 e. The Morgan fingerprint density at radius 2 is 2.21 bits per heavy atom. The average Bonchev–Trinajstić information content (AvgIpc) is 2.78. The number of hydrogen-bond donors (Lipinski definition) is 1. The first kappa shape index (κ1) is 13.5. The molecule has 2 rings (SSSR count). The number of aromatic nitrogens is 1. The van der Waals surface area contributed by atoms with Gasteiger partial charge >= 0.3 is 0 Å². The van der Waals surface area contributed by atoms with Crippen molar-refractivity contribution < 1.29 is 4.74 Å². The van der Waals surface area contributed by atoms with Crippen molar-refractivity contribution in [1.82, 2.24) is 4.57 Å². The summed E-state index contributed by atoms with van der Waals surface area (Å²) in [6, 6.07) is 9.87. The summed E-state index contributed by atoms with van der Waals surface area (Å²) >= 11 is 3.42. The lowest BCUT2D eigenvalue weighted by molar-refractivity contribution is 0.412. The molecule has 4 nitrogen and oxygen atoms in total. The molecule has 0 aliphatic heterocycles. The van der Waals surface area contributed by atoms with Crippen LogP contribution in [0.2, 0.25) is 0 Å². The molecule has 0 aliphatic rings. The molecule has 0 bridgehead atoms. The Labute approximate surface area is 120 Å². The van der Waals surface area contributed by atoms with Crippen LogP contribution in [0.3, 0.4) is 0 Å². The van der Waals surface area contributed by atoms with Crippen LogP contribution in [0.25, 0.3) is 0 Å². The predicted molar refractivity (Wildman–Crippen MR) is 78.1 cm³/mol. The van der Waals surface area contributed by atoms with E-state index in [1.165, 1.54) is 0 Å². The van der Waals surface area contributed by atoms with Crippen molar-refractivity contribution in [3.8, 4) is 11.8 Å². The second-order valence-electron chi connectivity index (χ2n) is 4.16. The van der Waals surface area contributed by atoms with Crippen molar-refractivity contribution in [3.05, 3.63) is 46.2 Å². The molecule has 0 amide bonds. The first-order valence-electron chi connectivity index (χ1n) is 5.77. The number of ether oxygens (including phenoxy) is 1. The molecule has 0 radical (unpaired) electrons. The van der Waals surface area contributed by atoms with Crippen molar-refractivity contribution in [3.63, 3.8) is 0 Å². The molecule has 1 aromatic heterocycles. The summed E-state index contributed by atoms with van der Waals surface area (Å²) in [4.78, 5) is 0. The minimum atomic E-state index is 0.658. The Morgan fingerprint density at radius 3 is 2.84 bits per heavy atom. The maximum absolute atomic E-state index is 8.90. The minimum Gasteiger partial charge on any atom is -0.495 e. The summed E-state index contributed by atoms with van der Waals surface area (Å²) in [6.45, 7) is 0.667. The normalized spacial score (nSPS) is 10.0. The van der Waals surface area contributed by atoms with E-state index in [1.54, 1.807) is 7.11 Å². The fourth-order valence-corrected chi connectivity index (χ4v) is 2.22. The van der Waals surface area contributed by atoms with E-state index in [0.29, 0.717) is 12.2 Å². The SMILES string of the molecule is COc1cc(NCc2cc(C#N)n(C)c2)ccc1Br. The molecule has 0 fully saturated rings. The Hall–Kier alpha value is -1.93. The van der Waals surface area contributed by atoms with Gasteiger partial charge in [-0.1, -0.05) is 0 Å². The number of hydrogen-bond acceptors (Lipinski definition) is 3. The van der Waals surface area contributed by atoms with Crippen molar-refractivity contribution >= 4 is 21.6 Å². The zero-order valence-corrected chi connectivity index (χ0v) is 12.4. The maximum atomic E-state index is 8.90. The summed E-state index contributed by atoms with van der Waals surface area (Å²) in [5.41, 5.74) is 2.70. The third-order valence-electron chi connectivity index (χ3n) is 2.82. The van der Waals surface area contributed by atoms with Crippen LogP contribution in [0, 0.1) is 11.3 Å². The summed E-state index contributed by atoms with van der Waals surface area (Å²) in [7, 11) is 3.50. The lowest BCUT2D eigenvalue weighted by atomic mass is 10.2. The molecule has 1 heterocycles. The van der Waals surface area contributed by atoms with E-state index in [1.807, 2.05) is 42.1 Å². The standard InChI is InChI=1S/C14H14BrN3O/c1-18-9-10(5-12(18)7-16)8-17-11-3-4-13(15)14(6-11)19-2/h3-6,9,17H,8H2,1-2H3. The van der Waals surface area contributed by atoms with Crippen LogP contribution in [0.15, 0.2) is 34.9 Å². The Kier molecular flexibility index (Phi) is 4.13. The Bertz CT molecular complexity index is 628. The van der Waals surface area contributed by atoms with Crippen molar-refractivity contribution in [1.29, 1.82) is 5.26 Å². The first-order valence-corrected chi connectivity index (χ1v) is 6.56. The fourth-order valence-electron chi connectivity index (χ4n) is 1.81. The van der Waals surface area contributed by atoms with Gasteiger partial charge in [0.05, 0.1) is 11.6 Å². The summed E-state index contributed by atoms with van der Waals surface area (Å²) in [5, 5.41) is 12.2. The molecule has 5 heteroatoms. The first-order chi connectivity index (χ1) is 9.13. The molecule has 2 aromatic rings. The van der Waals surface area contributed by atoms with Gasteiger partial charge in [0, 0.05) is 31.5 Å². The lowest BCUT2D eigenvalue weighted by Crippen LogP contribution is -1.98. The molecule has 0 spiro atoms. The van der Waals surface area contributed by atoms with Crippen LogP contribution < -0.4 is 10.1 Å². The zero-order valence-electron chi connectivity index (χ0n) is 10.8. The molecule has 0 saturated heterocycles. The van der Waals surface area contributed by atoms with Gasteiger partial charge in [-0.2, -0.15) is 5.26 Å². The van der Waals surface area contributed by atoms with Crippen molar-refractivity contribution in [2.24, 2.45) is 7.05 Å². The highest BCUT2D eigenvalue weighted by Gasteiger charge is 2.04. The van der Waals surface area contributed by atoms with Gasteiger partial charge < -0.3 is 14.6 Å². The summed E-state index contributed by atoms with van der Waals surface area (Å²) in [6.07, 6.45) is 1.95. The number of nitrogens with one attached hydrogen (secondary N) is 1. The second kappa shape index (κ2) is 5.81. The molecule has 1 N–H and O–H groups in total. The largest absolute Gasteiger partial charge is 0.495 e. The third-order valence-corrected chi connectivity index (χ3v) is 3.48. The van der Waals surface area contributed by atoms with Gasteiger partial charge in [0.15, 0.2) is 0 Å². The van der Waals surface area contributed by atoms with Crippen LogP contribution in [0.1, 0.15) is 11.3 Å². The topological polar surface area (TPSA) is 50.0 Å². The lowest BCUT2D eigenvalue weighted by Gasteiger charge is -2.08. The van der Waals surface area contributed by atoms with Gasteiger partial charge in [-0.25, -0.2) is 0 Å². The molecule has 0 aliphatic carbocycles. The minimum absolute atomic E-state index is 0.658. The number of methoxy groups -OCH3 is 1. The van der Waals surface area contributed by atoms with Gasteiger partial charge in [-0.05, 0) is 39.7 Å². The van der Waals surface area contributed by atoms with Crippen LogP contribution in [-0.2, 0) is 13.6 Å². The highest BCUT2D eigenvalue weighted by Crippen LogP contribution is 2.28. The number of nitrogens with zero attached hydrogens (tertiary/aromatic N) is 2. The van der Waals surface area contributed by atoms with Gasteiger partial charge in [0.2, 0.25) is 0 Å². The third kappa shape index (κ3) is 3.09. The fraction of sp³-hybridized carbons (Fsp3) is 0.214. The van der Waals surface area contributed by atoms with Crippen molar-refractivity contribution in [2.45, 2.75) is 6.54 Å². The van der Waals surface area contributed by atoms with E-state index >= 15 is 0 Å². The summed E-state index contributed by atoms with van der Waals surface area (Å²) < 4.78 is 7.99. The molecule has 0 unspecified atom stereocenters. The highest BCUT2D eigenvalue weighted by atomic mass is 79.9. The molecular formula is C14H14BrN3O. The molecule has 19 heavy (non-hydrogen) atoms. The van der Waals surface area contributed by atoms with Crippen LogP contribution >= 0.6 is 15.9 Å². The Morgan fingerprint density at radius 1 is 1.42 bits per heavy atom. The van der Waals surface area contributed by atoms with E-state index in [4.69, 9.17) is 10.00 Å². The van der Waals surface area contributed by atoms with Crippen LogP contribution in [0.4, 0.5) is 5.69 Å². The Balaban J connectivity index is 2.08. The van der Waals surface area contributed by atoms with E-state index < -0.39 is 0 Å². The zero-order chi connectivity index (χ0) is 13.8. The molecular weight excluding hydrogens is 306 g/mol. The second-order valence-corrected chi connectivity index (χ2v) is 5.01. The number of nitriles is 1. The quantitative estimate of drug-likeness (QED) is 0.940. The van der Waals surface area contributed by atoms with Crippen molar-refractivity contribution in [2.75, 3.05) is 12.4 Å². The predicted octanol–water partition coefficient (Wildman–Crippen LogP) is 3.28. The molecule has 0 atom stereocenters. The highest BCUT2D eigenvalue weighted by molar-refractivity contribution is 9.10. The monoisotopic (exact) mass is 319 g/mol. The van der Waals surface area contributed by atoms with E-state index in [-0.39, 0.29) is 0 Å². The van der Waals surface area contributed by atoms with Gasteiger partial charge in [0.1, 0.15) is 17.5 Å². The van der Waals surface area contributed by atoms with E-state index in [0.717, 1.165) is 21.5 Å². The van der Waals surface area contributed by atoms with Gasteiger partial charge in [-0.3, -0.25) is 0 Å². The number of benzene rings is 1. The molecule has 98 valence electrons. The number of halogens is 1. The average molecular weight is 320 g/mol. The number of anilines is 1. The smallest absolute Gasteiger partial charge is 0.135 e. The van der Waals surface area contributed by atoms with Crippen LogP contribution in [-0.4, -0.2) is 11.7 Å². The van der Waals surface area contributed by atoms with Gasteiger partial charge in [0.25, 0.3) is 0 Å². The van der Waals surface area contributed by atoms with E-state index in [2.05, 4.69) is 27.3 Å². The summed E-state index contributed by atoms with van der Waals surface area (Å²) in [5.74, 6) is 0.788. The number of rotatable bonds is 4. The molecule has 0 saturated carbocycles. The molecule has 1 aromatic carbocycles. The van der Waals surface area contributed by atoms with E-state index in [9.17, 15) is 0 Å². The van der Waals surface area contributed by atoms with Crippen LogP contribution in [0.5, 0.6) is 5.75 Å². The number of aryl methyl sites for hydroxylation is 1. The van der Waals surface area contributed by atoms with Gasteiger partial charge in [-0.15, -0.1) is 0 Å².